The number of para-hydroxylation sites is 2. The quantitative estimate of drug-likeness (QED) is 0.583. The summed E-state index contributed by atoms with van der Waals surface area (Å²) in [7, 11) is 0.0966. The van der Waals surface area contributed by atoms with Gasteiger partial charge in [0.1, 0.15) is 5.71 Å². The molecule has 1 aromatic rings. The van der Waals surface area contributed by atoms with Crippen molar-refractivity contribution in [3.8, 4) is 0 Å². The second-order valence-corrected chi connectivity index (χ2v) is 6.19. The van der Waals surface area contributed by atoms with Crippen molar-refractivity contribution in [3.05, 3.63) is 48.2 Å². The van der Waals surface area contributed by atoms with Crippen LogP contribution in [0.4, 0.5) is 11.4 Å². The van der Waals surface area contributed by atoms with E-state index in [2.05, 4.69) is 4.99 Å². The zero-order chi connectivity index (χ0) is 19.5. The number of carbonyl (C=O) groups excluding carboxylic acids is 1. The first-order chi connectivity index (χ1) is 12.1. The van der Waals surface area contributed by atoms with Gasteiger partial charge in [-0.2, -0.15) is 8.42 Å². The average Bonchev–Trinajstić information content (AvgIpc) is 2.59. The summed E-state index contributed by atoms with van der Waals surface area (Å²) in [6.45, 7) is 0. The molecule has 9 nitrogen and oxygen atoms in total. The molecule has 0 spiro atoms. The molecule has 1 aromatic carbocycles. The number of aliphatic imine (C=N–C) groups is 1. The van der Waals surface area contributed by atoms with E-state index in [1.807, 2.05) is 42.3 Å². The van der Waals surface area contributed by atoms with Crippen LogP contribution in [0.3, 0.4) is 0 Å². The van der Waals surface area contributed by atoms with Crippen LogP contribution in [0.2, 0.25) is 0 Å². The molecule has 0 fully saturated rings. The molecular formula is C16H18N2O7S. The van der Waals surface area contributed by atoms with Gasteiger partial charge < -0.3 is 14.4 Å². The van der Waals surface area contributed by atoms with Gasteiger partial charge in [0.15, 0.2) is 0 Å². The number of fused-ring (bicyclic) bond motifs is 2. The lowest BCUT2D eigenvalue weighted by Gasteiger charge is -2.38. The Morgan fingerprint density at radius 2 is 1.85 bits per heavy atom. The molecule has 2 aliphatic rings. The molecule has 1 aliphatic carbocycles. The van der Waals surface area contributed by atoms with Crippen LogP contribution in [0.25, 0.3) is 0 Å². The first-order valence-corrected chi connectivity index (χ1v) is 8.69. The maximum atomic E-state index is 12.3. The summed E-state index contributed by atoms with van der Waals surface area (Å²) in [5.74, 6) is -0.488. The molecule has 0 radical (unpaired) electrons. The van der Waals surface area contributed by atoms with Crippen LogP contribution in [0.1, 0.15) is 0 Å². The summed E-state index contributed by atoms with van der Waals surface area (Å²) in [4.78, 5) is 18.9. The second-order valence-electron chi connectivity index (χ2n) is 5.30. The first-order valence-electron chi connectivity index (χ1n) is 7.29. The van der Waals surface area contributed by atoms with E-state index < -0.39 is 22.0 Å². The molecule has 3 rings (SSSR count). The topological polar surface area (TPSA) is 126 Å². The molecule has 140 valence electrons. The van der Waals surface area contributed by atoms with E-state index in [0.29, 0.717) is 5.71 Å². The van der Waals surface area contributed by atoms with Crippen LogP contribution in [0.15, 0.2) is 53.2 Å². The van der Waals surface area contributed by atoms with Crippen molar-refractivity contribution in [2.75, 3.05) is 26.2 Å². The predicted molar refractivity (Wildman–Crippen MR) is 95.1 cm³/mol. The molecule has 1 atom stereocenters. The van der Waals surface area contributed by atoms with Gasteiger partial charge in [0.2, 0.25) is 5.60 Å². The standard InChI is InChI=1S/C16H16N2O3.H2O4S/c1-18-12-8-5-4-7-11(12)17-14-13(18)9-6-10-16(14,21-3)15(19)20-2;1-5(2,3)4/h4-10H,1-3H3;(H2,1,2,3,4). The highest BCUT2D eigenvalue weighted by molar-refractivity contribution is 7.79. The number of esters is 1. The van der Waals surface area contributed by atoms with Gasteiger partial charge >= 0.3 is 16.4 Å². The summed E-state index contributed by atoms with van der Waals surface area (Å²) in [6.07, 6.45) is 5.37. The van der Waals surface area contributed by atoms with Gasteiger partial charge in [-0.1, -0.05) is 18.2 Å². The lowest BCUT2D eigenvalue weighted by atomic mass is 9.88. The Labute approximate surface area is 150 Å². The van der Waals surface area contributed by atoms with E-state index in [1.54, 1.807) is 12.2 Å². The van der Waals surface area contributed by atoms with Crippen molar-refractivity contribution in [2.24, 2.45) is 4.99 Å². The van der Waals surface area contributed by atoms with Gasteiger partial charge in [0, 0.05) is 14.2 Å². The van der Waals surface area contributed by atoms with E-state index in [4.69, 9.17) is 27.0 Å². The number of hydrogen-bond donors (Lipinski definition) is 2. The zero-order valence-corrected chi connectivity index (χ0v) is 15.1. The van der Waals surface area contributed by atoms with Gasteiger partial charge in [0.25, 0.3) is 0 Å². The average molecular weight is 382 g/mol. The molecule has 0 saturated heterocycles. The van der Waals surface area contributed by atoms with Gasteiger partial charge in [-0.05, 0) is 24.3 Å². The molecule has 10 heteroatoms. The van der Waals surface area contributed by atoms with Crippen LogP contribution < -0.4 is 4.90 Å². The highest BCUT2D eigenvalue weighted by atomic mass is 32.3. The summed E-state index contributed by atoms with van der Waals surface area (Å²) >= 11 is 0. The first kappa shape index (κ1) is 19.8. The van der Waals surface area contributed by atoms with Crippen LogP contribution in [0, 0.1) is 0 Å². The monoisotopic (exact) mass is 382 g/mol. The number of hydrogen-bond acceptors (Lipinski definition) is 7. The van der Waals surface area contributed by atoms with Crippen molar-refractivity contribution in [2.45, 2.75) is 5.60 Å². The van der Waals surface area contributed by atoms with Crippen molar-refractivity contribution in [1.82, 2.24) is 0 Å². The van der Waals surface area contributed by atoms with Crippen molar-refractivity contribution in [3.63, 3.8) is 0 Å². The lowest BCUT2D eigenvalue weighted by Crippen LogP contribution is -2.52. The molecule has 0 saturated carbocycles. The summed E-state index contributed by atoms with van der Waals surface area (Å²) in [5.41, 5.74) is 1.84. The third kappa shape index (κ3) is 3.83. The summed E-state index contributed by atoms with van der Waals surface area (Å²) in [6, 6.07) is 7.77. The van der Waals surface area contributed by atoms with Crippen LogP contribution in [-0.2, 0) is 24.7 Å². The van der Waals surface area contributed by atoms with Crippen LogP contribution in [0.5, 0.6) is 0 Å². The third-order valence-electron chi connectivity index (χ3n) is 3.83. The number of carbonyl (C=O) groups is 1. The van der Waals surface area contributed by atoms with E-state index in [-0.39, 0.29) is 0 Å². The number of methoxy groups -OCH3 is 2. The molecule has 2 N–H and O–H groups in total. The molecule has 0 aromatic heterocycles. The number of rotatable bonds is 2. The van der Waals surface area contributed by atoms with Crippen LogP contribution >= 0.6 is 0 Å². The Bertz CT molecular complexity index is 897. The van der Waals surface area contributed by atoms with Crippen LogP contribution in [-0.4, -0.2) is 56.1 Å². The van der Waals surface area contributed by atoms with Crippen molar-refractivity contribution in [1.29, 1.82) is 0 Å². The van der Waals surface area contributed by atoms with E-state index >= 15 is 0 Å². The fourth-order valence-corrected chi connectivity index (χ4v) is 2.69. The highest BCUT2D eigenvalue weighted by Crippen LogP contribution is 2.40. The number of benzene rings is 1. The maximum absolute atomic E-state index is 12.3. The number of nitrogens with zero attached hydrogens (tertiary/aromatic N) is 2. The Morgan fingerprint density at radius 3 is 2.42 bits per heavy atom. The minimum atomic E-state index is -4.67. The molecule has 0 amide bonds. The van der Waals surface area contributed by atoms with E-state index in [0.717, 1.165) is 17.1 Å². The lowest BCUT2D eigenvalue weighted by molar-refractivity contribution is -0.153. The fourth-order valence-electron chi connectivity index (χ4n) is 2.69. The molecule has 0 bridgehead atoms. The number of ether oxygens (including phenoxy) is 2. The minimum absolute atomic E-state index is 0.488. The molecular weight excluding hydrogens is 364 g/mol. The maximum Gasteiger partial charge on any atom is 0.394 e. The Kier molecular flexibility index (Phi) is 5.62. The van der Waals surface area contributed by atoms with Gasteiger partial charge in [-0.3, -0.25) is 9.11 Å². The fraction of sp³-hybridized carbons (Fsp3) is 0.250. The smallest absolute Gasteiger partial charge is 0.394 e. The second kappa shape index (κ2) is 7.38. The van der Waals surface area contributed by atoms with Gasteiger partial charge in [0.05, 0.1) is 24.2 Å². The molecule has 26 heavy (non-hydrogen) atoms. The SMILES string of the molecule is COC(=O)C1(OC)C=CC=C2C1=Nc1ccccc1N2C.O=S(=O)(O)O. The minimum Gasteiger partial charge on any atom is -0.466 e. The zero-order valence-electron chi connectivity index (χ0n) is 14.3. The van der Waals surface area contributed by atoms with E-state index in [1.165, 1.54) is 14.2 Å². The van der Waals surface area contributed by atoms with E-state index in [9.17, 15) is 4.79 Å². The van der Waals surface area contributed by atoms with Crippen molar-refractivity contribution < 1.29 is 31.8 Å². The molecule has 1 unspecified atom stereocenters. The van der Waals surface area contributed by atoms with Gasteiger partial charge in [-0.25, -0.2) is 9.79 Å². The number of allylic oxidation sites excluding steroid dienone is 2. The predicted octanol–water partition coefficient (Wildman–Crippen LogP) is 1.57. The Hall–Kier alpha value is -2.53. The van der Waals surface area contributed by atoms with Crippen molar-refractivity contribution >= 4 is 33.5 Å². The summed E-state index contributed by atoms with van der Waals surface area (Å²) < 4.78 is 42.0. The Morgan fingerprint density at radius 1 is 1.23 bits per heavy atom. The highest BCUT2D eigenvalue weighted by Gasteiger charge is 2.48. The summed E-state index contributed by atoms with van der Waals surface area (Å²) in [5, 5.41) is 0. The largest absolute Gasteiger partial charge is 0.466 e. The normalized spacial score (nSPS) is 20.7. The van der Waals surface area contributed by atoms with Gasteiger partial charge in [-0.15, -0.1) is 0 Å². The Balaban J connectivity index is 0.000000431. The number of anilines is 1. The molecule has 1 heterocycles. The third-order valence-corrected chi connectivity index (χ3v) is 3.83. The molecule has 1 aliphatic heterocycles.